The van der Waals surface area contributed by atoms with Crippen molar-refractivity contribution < 1.29 is 27.4 Å². The minimum absolute atomic E-state index is 0.00505. The van der Waals surface area contributed by atoms with Gasteiger partial charge in [-0.2, -0.15) is 22.8 Å². The normalized spacial score (nSPS) is 12.8. The molecule has 0 radical (unpaired) electrons. The van der Waals surface area contributed by atoms with Crippen LogP contribution in [-0.2, 0) is 12.7 Å². The first-order chi connectivity index (χ1) is 15.4. The Morgan fingerprint density at radius 3 is 2.78 bits per heavy atom. The van der Waals surface area contributed by atoms with E-state index in [-0.39, 0.29) is 30.2 Å². The first kappa shape index (κ1) is 19.8. The van der Waals surface area contributed by atoms with E-state index in [0.29, 0.717) is 17.1 Å². The lowest BCUT2D eigenvalue weighted by molar-refractivity contribution is -0.137. The maximum Gasteiger partial charge on any atom is 0.416 e. The van der Waals surface area contributed by atoms with E-state index in [1.165, 1.54) is 29.0 Å². The Labute approximate surface area is 178 Å². The fourth-order valence-corrected chi connectivity index (χ4v) is 3.34. The summed E-state index contributed by atoms with van der Waals surface area (Å²) in [4.78, 5) is 12.8. The molecule has 0 fully saturated rings. The Bertz CT molecular complexity index is 1340. The lowest BCUT2D eigenvalue weighted by Crippen LogP contribution is -2.24. The number of amides is 1. The van der Waals surface area contributed by atoms with E-state index in [2.05, 4.69) is 20.6 Å². The Morgan fingerprint density at radius 2 is 1.94 bits per heavy atom. The fourth-order valence-electron chi connectivity index (χ4n) is 3.34. The summed E-state index contributed by atoms with van der Waals surface area (Å²) in [6.45, 7) is 0.336. The molecule has 0 aliphatic carbocycles. The minimum atomic E-state index is -4.50. The number of hydrogen-bond donors (Lipinski definition) is 1. The molecule has 0 saturated carbocycles. The number of nitrogens with one attached hydrogen (secondary N) is 1. The zero-order chi connectivity index (χ0) is 22.3. The van der Waals surface area contributed by atoms with Gasteiger partial charge < -0.3 is 14.8 Å². The van der Waals surface area contributed by atoms with Gasteiger partial charge in [-0.1, -0.05) is 18.2 Å². The number of aromatic nitrogens is 4. The molecule has 5 rings (SSSR count). The van der Waals surface area contributed by atoms with Crippen LogP contribution in [0.25, 0.3) is 16.8 Å². The monoisotopic (exact) mass is 441 g/mol. The molecular formula is C21H14F3N5O3. The van der Waals surface area contributed by atoms with Gasteiger partial charge in [-0.05, 0) is 41.5 Å². The van der Waals surface area contributed by atoms with E-state index in [1.807, 2.05) is 0 Å². The molecule has 0 spiro atoms. The second-order valence-electron chi connectivity index (χ2n) is 6.99. The zero-order valence-electron chi connectivity index (χ0n) is 16.3. The number of carbonyl (C=O) groups is 1. The lowest BCUT2D eigenvalue weighted by Gasteiger charge is -2.11. The van der Waals surface area contributed by atoms with Crippen molar-refractivity contribution in [2.24, 2.45) is 0 Å². The molecule has 2 aromatic carbocycles. The third-order valence-electron chi connectivity index (χ3n) is 4.89. The third-order valence-corrected chi connectivity index (χ3v) is 4.89. The number of fused-ring (bicyclic) bond motifs is 2. The van der Waals surface area contributed by atoms with E-state index in [0.717, 1.165) is 17.7 Å². The molecule has 1 N–H and O–H groups in total. The van der Waals surface area contributed by atoms with Crippen LogP contribution in [0.2, 0.25) is 0 Å². The van der Waals surface area contributed by atoms with Gasteiger partial charge in [0.05, 0.1) is 5.56 Å². The maximum atomic E-state index is 13.2. The smallest absolute Gasteiger partial charge is 0.416 e. The number of hydrogen-bond acceptors (Lipinski definition) is 6. The largest absolute Gasteiger partial charge is 0.454 e. The first-order valence-corrected chi connectivity index (χ1v) is 9.44. The molecular weight excluding hydrogens is 427 g/mol. The number of halogens is 3. The van der Waals surface area contributed by atoms with Gasteiger partial charge in [0, 0.05) is 12.1 Å². The highest BCUT2D eigenvalue weighted by atomic mass is 19.4. The lowest BCUT2D eigenvalue weighted by atomic mass is 10.0. The van der Waals surface area contributed by atoms with Crippen LogP contribution in [0.15, 0.2) is 54.9 Å². The third kappa shape index (κ3) is 3.68. The van der Waals surface area contributed by atoms with E-state index in [1.54, 1.807) is 18.2 Å². The molecule has 1 aliphatic rings. The van der Waals surface area contributed by atoms with Crippen LogP contribution in [0.3, 0.4) is 0 Å². The quantitative estimate of drug-likeness (QED) is 0.522. The average molecular weight is 441 g/mol. The van der Waals surface area contributed by atoms with Gasteiger partial charge >= 0.3 is 6.18 Å². The van der Waals surface area contributed by atoms with Crippen molar-refractivity contribution in [2.45, 2.75) is 12.7 Å². The van der Waals surface area contributed by atoms with Crippen LogP contribution in [-0.4, -0.2) is 32.5 Å². The van der Waals surface area contributed by atoms with Gasteiger partial charge in [0.25, 0.3) is 5.91 Å². The summed E-state index contributed by atoms with van der Waals surface area (Å²) in [7, 11) is 0. The van der Waals surface area contributed by atoms with Crippen LogP contribution in [0.4, 0.5) is 13.2 Å². The topological polar surface area (TPSA) is 90.6 Å². The van der Waals surface area contributed by atoms with Gasteiger partial charge in [0.1, 0.15) is 12.0 Å². The van der Waals surface area contributed by atoms with Crippen LogP contribution in [0.1, 0.15) is 21.6 Å². The summed E-state index contributed by atoms with van der Waals surface area (Å²) >= 11 is 0. The van der Waals surface area contributed by atoms with E-state index in [4.69, 9.17) is 9.47 Å². The van der Waals surface area contributed by atoms with Crippen molar-refractivity contribution in [3.63, 3.8) is 0 Å². The minimum Gasteiger partial charge on any atom is -0.454 e. The first-order valence-electron chi connectivity index (χ1n) is 9.44. The molecule has 0 unspecified atom stereocenters. The van der Waals surface area contributed by atoms with Crippen molar-refractivity contribution in [1.29, 1.82) is 0 Å². The number of alkyl halides is 3. The highest BCUT2D eigenvalue weighted by Crippen LogP contribution is 2.34. The van der Waals surface area contributed by atoms with Crippen molar-refractivity contribution in [3.8, 4) is 22.6 Å². The highest BCUT2D eigenvalue weighted by Gasteiger charge is 2.30. The standard InChI is InChI=1S/C21H14F3N5O3/c22-21(23,24)14-3-1-2-13(7-14)15-8-16(28-29-10-26-27-19(15)29)20(30)25-9-12-4-5-17-18(6-12)32-11-31-17/h1-8,10H,9,11H2,(H,25,30). The molecule has 32 heavy (non-hydrogen) atoms. The zero-order valence-corrected chi connectivity index (χ0v) is 16.3. The maximum absolute atomic E-state index is 13.2. The van der Waals surface area contributed by atoms with Crippen LogP contribution < -0.4 is 14.8 Å². The molecule has 11 heteroatoms. The van der Waals surface area contributed by atoms with Crippen LogP contribution >= 0.6 is 0 Å². The number of benzene rings is 2. The number of nitrogens with zero attached hydrogens (tertiary/aromatic N) is 4. The fraction of sp³-hybridized carbons (Fsp3) is 0.143. The Hall–Kier alpha value is -4.15. The number of ether oxygens (including phenoxy) is 2. The summed E-state index contributed by atoms with van der Waals surface area (Å²) < 4.78 is 51.3. The molecule has 0 atom stereocenters. The SMILES string of the molecule is O=C(NCc1ccc2c(c1)OCO2)c1cc(-c2cccc(C(F)(F)F)c2)c2nncn2n1. The summed E-state index contributed by atoms with van der Waals surface area (Å²) in [5, 5.41) is 14.6. The van der Waals surface area contributed by atoms with Gasteiger partial charge in [-0.25, -0.2) is 0 Å². The van der Waals surface area contributed by atoms with Crippen molar-refractivity contribution in [3.05, 3.63) is 71.7 Å². The van der Waals surface area contributed by atoms with Gasteiger partial charge in [-0.15, -0.1) is 10.2 Å². The Morgan fingerprint density at radius 1 is 1.09 bits per heavy atom. The van der Waals surface area contributed by atoms with Crippen LogP contribution in [0.5, 0.6) is 11.5 Å². The Kier molecular flexibility index (Phi) is 4.65. The molecule has 0 saturated heterocycles. The molecule has 3 heterocycles. The molecule has 8 nitrogen and oxygen atoms in total. The second-order valence-corrected chi connectivity index (χ2v) is 6.99. The van der Waals surface area contributed by atoms with E-state index in [9.17, 15) is 18.0 Å². The van der Waals surface area contributed by atoms with Gasteiger partial charge in [-0.3, -0.25) is 4.79 Å². The van der Waals surface area contributed by atoms with Crippen molar-refractivity contribution in [2.75, 3.05) is 6.79 Å². The predicted molar refractivity (Wildman–Crippen MR) is 105 cm³/mol. The van der Waals surface area contributed by atoms with Crippen molar-refractivity contribution >= 4 is 11.6 Å². The van der Waals surface area contributed by atoms with Crippen LogP contribution in [0, 0.1) is 0 Å². The molecule has 162 valence electrons. The average Bonchev–Trinajstić information content (AvgIpc) is 3.45. The van der Waals surface area contributed by atoms with Crippen molar-refractivity contribution in [1.82, 2.24) is 25.1 Å². The van der Waals surface area contributed by atoms with E-state index < -0.39 is 17.6 Å². The molecule has 1 aliphatic heterocycles. The summed E-state index contributed by atoms with van der Waals surface area (Å²) in [6.07, 6.45) is -3.22. The summed E-state index contributed by atoms with van der Waals surface area (Å²) in [5.74, 6) is 0.713. The summed E-state index contributed by atoms with van der Waals surface area (Å²) in [5.41, 5.74) is 0.758. The highest BCUT2D eigenvalue weighted by molar-refractivity contribution is 5.94. The molecule has 4 aromatic rings. The second kappa shape index (κ2) is 7.52. The molecule has 2 aromatic heterocycles. The van der Waals surface area contributed by atoms with Gasteiger partial charge in [0.15, 0.2) is 17.1 Å². The molecule has 0 bridgehead atoms. The van der Waals surface area contributed by atoms with Gasteiger partial charge in [0.2, 0.25) is 6.79 Å². The number of rotatable bonds is 4. The summed E-state index contributed by atoms with van der Waals surface area (Å²) in [6, 6.07) is 11.5. The van der Waals surface area contributed by atoms with E-state index >= 15 is 0 Å². The predicted octanol–water partition coefficient (Wildman–Crippen LogP) is 3.47. The molecule has 1 amide bonds. The number of carbonyl (C=O) groups excluding carboxylic acids is 1. The Balaban J connectivity index is 1.44.